The molecule has 2 aromatic heterocycles. The zero-order valence-corrected chi connectivity index (χ0v) is 23.8. The van der Waals surface area contributed by atoms with Gasteiger partial charge in [0.2, 0.25) is 9.84 Å². The summed E-state index contributed by atoms with van der Waals surface area (Å²) in [5.41, 5.74) is 1.54. The number of aryl methyl sites for hydroxylation is 1. The summed E-state index contributed by atoms with van der Waals surface area (Å²) in [5, 5.41) is 14.8. The molecule has 0 saturated heterocycles. The Balaban J connectivity index is 0.000000798. The Kier molecular flexibility index (Phi) is 13.0. The lowest BCUT2D eigenvalue weighted by molar-refractivity contribution is -0.159. The molecule has 0 aliphatic rings. The van der Waals surface area contributed by atoms with Gasteiger partial charge in [0.25, 0.3) is 0 Å². The predicted molar refractivity (Wildman–Crippen MR) is 150 cm³/mol. The molecule has 2 heterocycles. The van der Waals surface area contributed by atoms with Crippen LogP contribution >= 0.6 is 0 Å². The third-order valence-electron chi connectivity index (χ3n) is 6.22. The number of benzene rings is 1. The summed E-state index contributed by atoms with van der Waals surface area (Å²) >= 11 is 0. The second kappa shape index (κ2) is 15.9. The van der Waals surface area contributed by atoms with Gasteiger partial charge in [0.1, 0.15) is 10.6 Å². The second-order valence-corrected chi connectivity index (χ2v) is 11.1. The number of aliphatic carboxylic acids is 2. The van der Waals surface area contributed by atoms with Crippen molar-refractivity contribution in [3.8, 4) is 5.75 Å². The number of nitrogens with zero attached hydrogens (tertiary/aromatic N) is 2. The minimum absolute atomic E-state index is 0.298. The fourth-order valence-corrected chi connectivity index (χ4v) is 5.85. The van der Waals surface area contributed by atoms with Crippen molar-refractivity contribution in [3.63, 3.8) is 0 Å². The molecule has 39 heavy (non-hydrogen) atoms. The van der Waals surface area contributed by atoms with Gasteiger partial charge in [-0.3, -0.25) is 0 Å². The normalized spacial score (nSPS) is 11.3. The van der Waals surface area contributed by atoms with Crippen LogP contribution in [0.4, 0.5) is 0 Å². The first-order chi connectivity index (χ1) is 18.6. The summed E-state index contributed by atoms with van der Waals surface area (Å²) in [7, 11) is -3.62. The average molecular weight is 561 g/mol. The van der Waals surface area contributed by atoms with Crippen molar-refractivity contribution < 1.29 is 33.0 Å². The molecule has 0 unspecified atom stereocenters. The summed E-state index contributed by atoms with van der Waals surface area (Å²) in [6.45, 7) is 10.4. The zero-order valence-electron chi connectivity index (χ0n) is 23.0. The molecular formula is C29H40N2O7S. The molecule has 214 valence electrons. The molecule has 0 atom stereocenters. The molecule has 0 radical (unpaired) electrons. The fraction of sp³-hybridized carbons (Fsp3) is 0.448. The van der Waals surface area contributed by atoms with E-state index in [9.17, 15) is 8.42 Å². The highest BCUT2D eigenvalue weighted by atomic mass is 32.2. The molecule has 0 amide bonds. The van der Waals surface area contributed by atoms with Crippen LogP contribution in [0, 0.1) is 0 Å². The zero-order chi connectivity index (χ0) is 28.8. The topological polar surface area (TPSA) is 126 Å². The predicted octanol–water partition coefficient (Wildman–Crippen LogP) is 5.16. The number of carboxylic acids is 2. The Morgan fingerprint density at radius 3 is 2.00 bits per heavy atom. The van der Waals surface area contributed by atoms with Crippen LogP contribution in [-0.2, 0) is 25.8 Å². The number of hydrogen-bond acceptors (Lipinski definition) is 6. The Morgan fingerprint density at radius 1 is 0.872 bits per heavy atom. The lowest BCUT2D eigenvalue weighted by Gasteiger charge is -2.21. The van der Waals surface area contributed by atoms with Crippen molar-refractivity contribution in [1.29, 1.82) is 0 Å². The number of sulfone groups is 1. The standard InChI is InChI=1S/C27H38N2O3S.C2H2O4/c1-4-7-17-28(18-8-5-2)19-11-21-32-24-13-15-25(16-14-24)33(30,31)27-23(6-3)22-29-20-10-9-12-26(27)29;3-1(4)2(5)6/h9-10,12-16,20,22H,4-8,11,17-19,21H2,1-3H3;(H,3,4)(H,5,6). The van der Waals surface area contributed by atoms with Crippen LogP contribution in [0.3, 0.4) is 0 Å². The number of ether oxygens (including phenoxy) is 1. The molecule has 0 saturated carbocycles. The van der Waals surface area contributed by atoms with Crippen molar-refractivity contribution in [3.05, 3.63) is 60.4 Å². The van der Waals surface area contributed by atoms with Crippen LogP contribution in [-0.4, -0.2) is 66.1 Å². The van der Waals surface area contributed by atoms with Crippen LogP contribution in [0.1, 0.15) is 58.4 Å². The number of carboxylic acid groups (broad SMARTS) is 2. The molecule has 0 aliphatic carbocycles. The number of carbonyl (C=O) groups is 2. The quantitative estimate of drug-likeness (QED) is 0.205. The number of hydrogen-bond donors (Lipinski definition) is 2. The van der Waals surface area contributed by atoms with Gasteiger partial charge in [-0.2, -0.15) is 0 Å². The lowest BCUT2D eigenvalue weighted by Crippen LogP contribution is -2.28. The number of unbranched alkanes of at least 4 members (excludes halogenated alkanes) is 2. The second-order valence-electron chi connectivity index (χ2n) is 9.17. The molecule has 3 rings (SSSR count). The van der Waals surface area contributed by atoms with Crippen molar-refractivity contribution in [2.75, 3.05) is 26.2 Å². The van der Waals surface area contributed by atoms with E-state index in [-0.39, 0.29) is 0 Å². The van der Waals surface area contributed by atoms with Crippen LogP contribution in [0.2, 0.25) is 0 Å². The first-order valence-electron chi connectivity index (χ1n) is 13.4. The van der Waals surface area contributed by atoms with E-state index in [0.29, 0.717) is 34.1 Å². The molecule has 0 aliphatic heterocycles. The molecule has 0 fully saturated rings. The Labute approximate surface area is 230 Å². The minimum Gasteiger partial charge on any atom is -0.494 e. The summed E-state index contributed by atoms with van der Waals surface area (Å²) in [6.07, 6.45) is 10.3. The summed E-state index contributed by atoms with van der Waals surface area (Å²) in [4.78, 5) is 21.4. The average Bonchev–Trinajstić information content (AvgIpc) is 3.32. The maximum absolute atomic E-state index is 13.4. The molecule has 2 N–H and O–H groups in total. The largest absolute Gasteiger partial charge is 0.494 e. The van der Waals surface area contributed by atoms with Crippen LogP contribution in [0.25, 0.3) is 5.52 Å². The van der Waals surface area contributed by atoms with Gasteiger partial charge in [-0.05, 0) is 80.7 Å². The number of rotatable bonds is 14. The number of pyridine rings is 1. The highest BCUT2D eigenvalue weighted by Gasteiger charge is 2.25. The summed E-state index contributed by atoms with van der Waals surface area (Å²) < 4.78 is 34.7. The van der Waals surface area contributed by atoms with Crippen LogP contribution < -0.4 is 4.74 Å². The smallest absolute Gasteiger partial charge is 0.414 e. The van der Waals surface area contributed by atoms with E-state index in [2.05, 4.69) is 18.7 Å². The molecule has 10 heteroatoms. The lowest BCUT2D eigenvalue weighted by atomic mass is 10.2. The van der Waals surface area contributed by atoms with Crippen LogP contribution in [0.5, 0.6) is 5.75 Å². The highest BCUT2D eigenvalue weighted by Crippen LogP contribution is 2.31. The maximum Gasteiger partial charge on any atom is 0.414 e. The van der Waals surface area contributed by atoms with Gasteiger partial charge in [0.15, 0.2) is 0 Å². The molecule has 3 aromatic rings. The van der Waals surface area contributed by atoms with Crippen molar-refractivity contribution in [2.24, 2.45) is 0 Å². The van der Waals surface area contributed by atoms with Gasteiger partial charge in [-0.25, -0.2) is 18.0 Å². The summed E-state index contributed by atoms with van der Waals surface area (Å²) in [5.74, 6) is -2.94. The SMILES string of the molecule is CCCCN(CCCC)CCCOc1ccc(S(=O)(=O)c2c(CC)cn3ccccc23)cc1.O=C(O)C(=O)O. The van der Waals surface area contributed by atoms with Crippen molar-refractivity contribution >= 4 is 27.3 Å². The Bertz CT molecular complexity index is 1280. The van der Waals surface area contributed by atoms with Gasteiger partial charge in [-0.15, -0.1) is 0 Å². The number of aromatic nitrogens is 1. The monoisotopic (exact) mass is 560 g/mol. The first-order valence-corrected chi connectivity index (χ1v) is 14.9. The van der Waals surface area contributed by atoms with Gasteiger partial charge in [-0.1, -0.05) is 39.7 Å². The van der Waals surface area contributed by atoms with Gasteiger partial charge in [0.05, 0.1) is 17.0 Å². The fourth-order valence-electron chi connectivity index (χ4n) is 4.12. The minimum atomic E-state index is -3.62. The van der Waals surface area contributed by atoms with Gasteiger partial charge >= 0.3 is 11.9 Å². The number of fused-ring (bicyclic) bond motifs is 1. The van der Waals surface area contributed by atoms with E-state index in [1.807, 2.05) is 41.9 Å². The third-order valence-corrected chi connectivity index (χ3v) is 8.12. The van der Waals surface area contributed by atoms with E-state index in [4.69, 9.17) is 24.5 Å². The molecular weight excluding hydrogens is 520 g/mol. The van der Waals surface area contributed by atoms with E-state index < -0.39 is 21.8 Å². The van der Waals surface area contributed by atoms with E-state index >= 15 is 0 Å². The van der Waals surface area contributed by atoms with Crippen molar-refractivity contribution in [2.45, 2.75) is 69.1 Å². The van der Waals surface area contributed by atoms with E-state index in [0.717, 1.165) is 31.6 Å². The molecule has 0 bridgehead atoms. The van der Waals surface area contributed by atoms with E-state index in [1.165, 1.54) is 25.7 Å². The molecule has 1 aromatic carbocycles. The Hall–Kier alpha value is -3.37. The van der Waals surface area contributed by atoms with E-state index in [1.54, 1.807) is 24.3 Å². The first kappa shape index (κ1) is 31.8. The highest BCUT2D eigenvalue weighted by molar-refractivity contribution is 7.91. The van der Waals surface area contributed by atoms with Crippen LogP contribution in [0.15, 0.2) is 64.6 Å². The Morgan fingerprint density at radius 2 is 1.46 bits per heavy atom. The van der Waals surface area contributed by atoms with Gasteiger partial charge < -0.3 is 24.3 Å². The molecule has 0 spiro atoms. The molecule has 9 nitrogen and oxygen atoms in total. The van der Waals surface area contributed by atoms with Gasteiger partial charge in [0, 0.05) is 18.9 Å². The third kappa shape index (κ3) is 9.40. The van der Waals surface area contributed by atoms with Crippen molar-refractivity contribution in [1.82, 2.24) is 9.30 Å². The summed E-state index contributed by atoms with van der Waals surface area (Å²) in [6, 6.07) is 12.5. The maximum atomic E-state index is 13.4.